The Hall–Kier alpha value is -3.69. The van der Waals surface area contributed by atoms with Crippen molar-refractivity contribution in [3.8, 4) is 16.5 Å². The van der Waals surface area contributed by atoms with E-state index < -0.39 is 0 Å². The van der Waals surface area contributed by atoms with Crippen LogP contribution in [0.15, 0.2) is 76.8 Å². The van der Waals surface area contributed by atoms with E-state index in [1.54, 1.807) is 43.8 Å². The molecule has 0 saturated carbocycles. The van der Waals surface area contributed by atoms with Gasteiger partial charge in [0.1, 0.15) is 16.5 Å². The molecule has 0 radical (unpaired) electrons. The van der Waals surface area contributed by atoms with Crippen molar-refractivity contribution in [3.05, 3.63) is 83.0 Å². The number of ether oxygens (including phenoxy) is 1. The minimum Gasteiger partial charge on any atom is -0.497 e. The number of methoxy groups -OCH3 is 1. The van der Waals surface area contributed by atoms with Gasteiger partial charge in [-0.25, -0.2) is 4.98 Å². The molecular formula is C24H18N4O3S2. The van der Waals surface area contributed by atoms with Crippen LogP contribution in [0.1, 0.15) is 25.6 Å². The second-order valence-electron chi connectivity index (χ2n) is 7.16. The monoisotopic (exact) mass is 474 g/mol. The first-order valence-electron chi connectivity index (χ1n) is 10.1. The average Bonchev–Trinajstić information content (AvgIpc) is 3.27. The van der Waals surface area contributed by atoms with E-state index >= 15 is 0 Å². The van der Waals surface area contributed by atoms with Crippen LogP contribution in [-0.2, 0) is 6.54 Å². The third kappa shape index (κ3) is 4.46. The Kier molecular flexibility index (Phi) is 5.80. The fourth-order valence-electron chi connectivity index (χ4n) is 3.34. The van der Waals surface area contributed by atoms with Gasteiger partial charge in [-0.15, -0.1) is 11.3 Å². The van der Waals surface area contributed by atoms with Crippen molar-refractivity contribution in [3.63, 3.8) is 0 Å². The van der Waals surface area contributed by atoms with Crippen LogP contribution in [-0.4, -0.2) is 28.9 Å². The number of hydrogen-bond donors (Lipinski definition) is 2. The maximum atomic E-state index is 12.8. The van der Waals surface area contributed by atoms with Crippen LogP contribution < -0.4 is 15.4 Å². The molecule has 0 fully saturated rings. The minimum absolute atomic E-state index is 0.183. The lowest BCUT2D eigenvalue weighted by Crippen LogP contribution is -2.22. The van der Waals surface area contributed by atoms with Crippen molar-refractivity contribution in [2.24, 2.45) is 0 Å². The first kappa shape index (κ1) is 21.2. The summed E-state index contributed by atoms with van der Waals surface area (Å²) in [5.41, 5.74) is 2.44. The first-order valence-corrected chi connectivity index (χ1v) is 11.7. The Morgan fingerprint density at radius 2 is 1.97 bits per heavy atom. The maximum Gasteiger partial charge on any atom is 0.256 e. The quantitative estimate of drug-likeness (QED) is 0.429. The summed E-state index contributed by atoms with van der Waals surface area (Å²) in [5.74, 6) is 0.299. The second-order valence-corrected chi connectivity index (χ2v) is 9.36. The number of aromatic nitrogens is 2. The lowest BCUT2D eigenvalue weighted by molar-refractivity contribution is 0.0949. The highest BCUT2D eigenvalue weighted by Gasteiger charge is 2.20. The Labute approximate surface area is 198 Å². The molecule has 2 aromatic heterocycles. The smallest absolute Gasteiger partial charge is 0.256 e. The number of carbonyl (C=O) groups is 2. The number of hydrogen-bond acceptors (Lipinski definition) is 7. The molecule has 0 spiro atoms. The summed E-state index contributed by atoms with van der Waals surface area (Å²) in [6.07, 6.45) is 3.40. The second kappa shape index (κ2) is 9.05. The van der Waals surface area contributed by atoms with Gasteiger partial charge in [0.15, 0.2) is 0 Å². The number of pyridine rings is 1. The molecule has 5 rings (SSSR count). The zero-order valence-electron chi connectivity index (χ0n) is 17.5. The molecule has 0 aliphatic carbocycles. The number of nitrogens with one attached hydrogen (secondary N) is 2. The third-order valence-corrected chi connectivity index (χ3v) is 7.18. The Morgan fingerprint density at radius 1 is 1.09 bits per heavy atom. The molecule has 0 atom stereocenters. The number of fused-ring (bicyclic) bond motifs is 2. The molecule has 2 amide bonds. The molecule has 4 aromatic rings. The fraction of sp³-hybridized carbons (Fsp3) is 0.0833. The zero-order valence-corrected chi connectivity index (χ0v) is 19.1. The summed E-state index contributed by atoms with van der Waals surface area (Å²) in [6, 6.07) is 16.4. The summed E-state index contributed by atoms with van der Waals surface area (Å²) >= 11 is 2.96. The highest BCUT2D eigenvalue weighted by atomic mass is 32.2. The van der Waals surface area contributed by atoms with Gasteiger partial charge in [-0.2, -0.15) is 0 Å². The average molecular weight is 475 g/mol. The van der Waals surface area contributed by atoms with Crippen LogP contribution in [0.3, 0.4) is 0 Å². The van der Waals surface area contributed by atoms with Crippen molar-refractivity contribution < 1.29 is 14.3 Å². The number of nitrogens with zero attached hydrogens (tertiary/aromatic N) is 2. The SMILES string of the molecule is COc1ccnc(-c2ncc(CNC(=O)c3ccc4c(c3)NC(=O)c3ccccc3S4)s2)c1. The lowest BCUT2D eigenvalue weighted by Gasteiger charge is -2.09. The maximum absolute atomic E-state index is 12.8. The third-order valence-electron chi connectivity index (χ3n) is 5.00. The Balaban J connectivity index is 1.28. The van der Waals surface area contributed by atoms with Crippen molar-refractivity contribution in [2.45, 2.75) is 16.3 Å². The summed E-state index contributed by atoms with van der Waals surface area (Å²) in [7, 11) is 1.60. The number of anilines is 1. The van der Waals surface area contributed by atoms with Crippen LogP contribution in [0, 0.1) is 0 Å². The van der Waals surface area contributed by atoms with Crippen molar-refractivity contribution in [1.29, 1.82) is 0 Å². The number of thiazole rings is 1. The van der Waals surface area contributed by atoms with Gasteiger partial charge in [-0.05, 0) is 36.4 Å². The van der Waals surface area contributed by atoms with Gasteiger partial charge in [0.05, 0.1) is 24.9 Å². The van der Waals surface area contributed by atoms with Gasteiger partial charge in [-0.3, -0.25) is 14.6 Å². The number of benzene rings is 2. The van der Waals surface area contributed by atoms with E-state index in [4.69, 9.17) is 4.74 Å². The summed E-state index contributed by atoms with van der Waals surface area (Å²) in [6.45, 7) is 0.337. The summed E-state index contributed by atoms with van der Waals surface area (Å²) in [5, 5.41) is 6.59. The molecule has 1 aliphatic rings. The first-order chi connectivity index (χ1) is 16.1. The molecular weight excluding hydrogens is 456 g/mol. The van der Waals surface area contributed by atoms with Gasteiger partial charge >= 0.3 is 0 Å². The molecule has 0 saturated heterocycles. The van der Waals surface area contributed by atoms with E-state index in [2.05, 4.69) is 20.6 Å². The molecule has 1 aliphatic heterocycles. The van der Waals surface area contributed by atoms with Crippen molar-refractivity contribution >= 4 is 40.6 Å². The van der Waals surface area contributed by atoms with Crippen LogP contribution in [0.2, 0.25) is 0 Å². The fourth-order valence-corrected chi connectivity index (χ4v) is 5.17. The Bertz CT molecular complexity index is 1370. The van der Waals surface area contributed by atoms with Crippen LogP contribution in [0.5, 0.6) is 5.75 Å². The number of amides is 2. The number of carbonyl (C=O) groups excluding carboxylic acids is 2. The van der Waals surface area contributed by atoms with E-state index in [0.29, 0.717) is 29.1 Å². The molecule has 9 heteroatoms. The molecule has 164 valence electrons. The minimum atomic E-state index is -0.228. The molecule has 3 heterocycles. The van der Waals surface area contributed by atoms with Gasteiger partial charge < -0.3 is 15.4 Å². The van der Waals surface area contributed by atoms with Crippen LogP contribution in [0.4, 0.5) is 5.69 Å². The summed E-state index contributed by atoms with van der Waals surface area (Å²) < 4.78 is 5.24. The van der Waals surface area contributed by atoms with E-state index in [1.165, 1.54) is 23.1 Å². The molecule has 0 unspecified atom stereocenters. The van der Waals surface area contributed by atoms with Gasteiger partial charge in [0.2, 0.25) is 0 Å². The topological polar surface area (TPSA) is 93.2 Å². The standard InChI is InChI=1S/C24H18N4O3S2/c1-31-15-8-9-25-19(11-15)24-27-13-16(32-24)12-26-22(29)14-6-7-21-18(10-14)28-23(30)17-4-2-3-5-20(17)33-21/h2-11,13H,12H2,1H3,(H,26,29)(H,28,30). The summed E-state index contributed by atoms with van der Waals surface area (Å²) in [4.78, 5) is 36.8. The molecule has 2 aromatic carbocycles. The lowest BCUT2D eigenvalue weighted by atomic mass is 10.1. The van der Waals surface area contributed by atoms with Gasteiger partial charge in [-0.1, -0.05) is 23.9 Å². The van der Waals surface area contributed by atoms with E-state index in [9.17, 15) is 9.59 Å². The van der Waals surface area contributed by atoms with E-state index in [-0.39, 0.29) is 11.8 Å². The zero-order chi connectivity index (χ0) is 22.8. The van der Waals surface area contributed by atoms with Crippen molar-refractivity contribution in [2.75, 3.05) is 12.4 Å². The Morgan fingerprint density at radius 3 is 2.85 bits per heavy atom. The largest absolute Gasteiger partial charge is 0.497 e. The van der Waals surface area contributed by atoms with Crippen LogP contribution in [0.25, 0.3) is 10.7 Å². The highest BCUT2D eigenvalue weighted by Crippen LogP contribution is 2.39. The normalized spacial score (nSPS) is 12.2. The predicted octanol–water partition coefficient (Wildman–Crippen LogP) is 4.86. The highest BCUT2D eigenvalue weighted by molar-refractivity contribution is 7.99. The van der Waals surface area contributed by atoms with E-state index in [1.807, 2.05) is 30.3 Å². The van der Waals surface area contributed by atoms with Crippen molar-refractivity contribution in [1.82, 2.24) is 15.3 Å². The molecule has 33 heavy (non-hydrogen) atoms. The van der Waals surface area contributed by atoms with Gasteiger partial charge in [0, 0.05) is 38.7 Å². The number of rotatable bonds is 5. The van der Waals surface area contributed by atoms with Crippen LogP contribution >= 0.6 is 23.1 Å². The molecule has 0 bridgehead atoms. The molecule has 7 nitrogen and oxygen atoms in total. The molecule has 2 N–H and O–H groups in total. The van der Waals surface area contributed by atoms with Gasteiger partial charge in [0.25, 0.3) is 11.8 Å². The van der Waals surface area contributed by atoms with E-state index in [0.717, 1.165) is 25.4 Å². The predicted molar refractivity (Wildman–Crippen MR) is 128 cm³/mol.